The lowest BCUT2D eigenvalue weighted by Crippen LogP contribution is -2.49. The minimum Gasteiger partial charge on any atom is -0.351 e. The van der Waals surface area contributed by atoms with Crippen molar-refractivity contribution in [3.05, 3.63) is 35.9 Å². The Morgan fingerprint density at radius 2 is 1.87 bits per heavy atom. The zero-order valence-electron chi connectivity index (χ0n) is 9.36. The van der Waals surface area contributed by atoms with E-state index >= 15 is 0 Å². The first-order valence-corrected chi connectivity index (χ1v) is 5.00. The van der Waals surface area contributed by atoms with Gasteiger partial charge in [-0.2, -0.15) is 0 Å². The molecule has 0 spiro atoms. The molecular weight excluding hydrogens is 190 g/mol. The van der Waals surface area contributed by atoms with Gasteiger partial charge in [-0.15, -0.1) is 0 Å². The second-order valence-corrected chi connectivity index (χ2v) is 3.97. The van der Waals surface area contributed by atoms with Gasteiger partial charge in [-0.3, -0.25) is 10.5 Å². The smallest absolute Gasteiger partial charge is 0.209 e. The summed E-state index contributed by atoms with van der Waals surface area (Å²) in [5.41, 5.74) is 5.14. The van der Waals surface area contributed by atoms with Crippen LogP contribution in [0, 0.1) is 0 Å². The lowest BCUT2D eigenvalue weighted by Gasteiger charge is -2.25. The number of ketones is 1. The van der Waals surface area contributed by atoms with E-state index < -0.39 is 5.72 Å². The van der Waals surface area contributed by atoms with Gasteiger partial charge >= 0.3 is 0 Å². The number of hydrogen-bond acceptors (Lipinski definition) is 3. The summed E-state index contributed by atoms with van der Waals surface area (Å²) in [6, 6.07) is 8.93. The molecule has 0 bridgehead atoms. The van der Waals surface area contributed by atoms with Gasteiger partial charge in [0.1, 0.15) is 0 Å². The zero-order chi connectivity index (χ0) is 11.5. The molecule has 3 nitrogen and oxygen atoms in total. The first-order valence-electron chi connectivity index (χ1n) is 5.00. The van der Waals surface area contributed by atoms with Crippen molar-refractivity contribution in [3.63, 3.8) is 0 Å². The molecule has 1 unspecified atom stereocenters. The quantitative estimate of drug-likeness (QED) is 0.606. The predicted octanol–water partition coefficient (Wildman–Crippen LogP) is 1.97. The first kappa shape index (κ1) is 11.9. The molecule has 3 heteroatoms. The van der Waals surface area contributed by atoms with Crippen molar-refractivity contribution in [2.45, 2.75) is 32.6 Å². The number of rotatable bonds is 4. The molecule has 0 saturated carbocycles. The third-order valence-corrected chi connectivity index (χ3v) is 1.97. The largest absolute Gasteiger partial charge is 0.351 e. The summed E-state index contributed by atoms with van der Waals surface area (Å²) in [5.74, 6) is -0.197. The van der Waals surface area contributed by atoms with E-state index in [1.165, 1.54) is 0 Å². The lowest BCUT2D eigenvalue weighted by atomic mass is 10.0. The number of carbonyl (C=O) groups excluding carboxylic acids is 1. The molecule has 0 heterocycles. The Balaban J connectivity index is 2.85. The van der Waals surface area contributed by atoms with Crippen molar-refractivity contribution in [1.29, 1.82) is 0 Å². The molecule has 0 aromatic heterocycles. The highest BCUT2D eigenvalue weighted by Gasteiger charge is 2.31. The summed E-state index contributed by atoms with van der Waals surface area (Å²) in [7, 11) is 0. The van der Waals surface area contributed by atoms with Crippen molar-refractivity contribution in [1.82, 2.24) is 0 Å². The third-order valence-electron chi connectivity index (χ3n) is 1.97. The molecule has 15 heavy (non-hydrogen) atoms. The summed E-state index contributed by atoms with van der Waals surface area (Å²) in [6.07, 6.45) is -0.0762. The van der Waals surface area contributed by atoms with Crippen molar-refractivity contribution < 1.29 is 9.53 Å². The molecule has 0 aliphatic rings. The minimum atomic E-state index is -1.25. The number of hydrogen-bond donors (Lipinski definition) is 1. The molecule has 1 aromatic carbocycles. The fraction of sp³-hybridized carbons (Fsp3) is 0.417. The highest BCUT2D eigenvalue weighted by atomic mass is 16.5. The van der Waals surface area contributed by atoms with Gasteiger partial charge in [0.25, 0.3) is 0 Å². The molecule has 0 fully saturated rings. The van der Waals surface area contributed by atoms with E-state index in [9.17, 15) is 4.79 Å². The molecule has 1 aromatic rings. The number of ether oxygens (including phenoxy) is 1. The average Bonchev–Trinajstić information content (AvgIpc) is 2.16. The Morgan fingerprint density at radius 1 is 1.33 bits per heavy atom. The van der Waals surface area contributed by atoms with E-state index in [-0.39, 0.29) is 11.9 Å². The zero-order valence-corrected chi connectivity index (χ0v) is 9.36. The molecular formula is C12H17NO2. The standard InChI is InChI=1S/C12H17NO2/c1-9(2)15-12(3,13)11(14)10-7-5-4-6-8-10/h4-9H,13H2,1-3H3. The maximum atomic E-state index is 12.0. The van der Waals surface area contributed by atoms with Crippen molar-refractivity contribution in [2.75, 3.05) is 0 Å². The maximum Gasteiger partial charge on any atom is 0.209 e. The van der Waals surface area contributed by atoms with Crippen LogP contribution in [0.2, 0.25) is 0 Å². The molecule has 0 aliphatic carbocycles. The van der Waals surface area contributed by atoms with Gasteiger partial charge in [-0.25, -0.2) is 0 Å². The second-order valence-electron chi connectivity index (χ2n) is 3.97. The Labute approximate surface area is 90.2 Å². The Morgan fingerprint density at radius 3 is 2.33 bits per heavy atom. The van der Waals surface area contributed by atoms with Gasteiger partial charge in [0.15, 0.2) is 5.72 Å². The van der Waals surface area contributed by atoms with E-state index in [1.54, 1.807) is 31.2 Å². The van der Waals surface area contributed by atoms with Gasteiger partial charge in [-0.05, 0) is 20.8 Å². The van der Waals surface area contributed by atoms with Crippen LogP contribution in [0.1, 0.15) is 31.1 Å². The van der Waals surface area contributed by atoms with Gasteiger partial charge < -0.3 is 4.74 Å². The van der Waals surface area contributed by atoms with Gasteiger partial charge in [0.05, 0.1) is 6.10 Å². The van der Waals surface area contributed by atoms with Crippen molar-refractivity contribution in [3.8, 4) is 0 Å². The number of benzene rings is 1. The van der Waals surface area contributed by atoms with E-state index in [2.05, 4.69) is 0 Å². The number of carbonyl (C=O) groups is 1. The summed E-state index contributed by atoms with van der Waals surface area (Å²) in [5, 5.41) is 0. The number of Topliss-reactive ketones (excluding diaryl/α,β-unsaturated/α-hetero) is 1. The van der Waals surface area contributed by atoms with Gasteiger partial charge in [0, 0.05) is 5.56 Å². The molecule has 1 rings (SSSR count). The Bertz CT molecular complexity index is 331. The van der Waals surface area contributed by atoms with Crippen molar-refractivity contribution >= 4 is 5.78 Å². The first-order chi connectivity index (χ1) is 6.93. The maximum absolute atomic E-state index is 12.0. The van der Waals surface area contributed by atoms with Crippen LogP contribution in [0.15, 0.2) is 30.3 Å². The van der Waals surface area contributed by atoms with Crippen LogP contribution in [0.25, 0.3) is 0 Å². The monoisotopic (exact) mass is 207 g/mol. The Kier molecular flexibility index (Phi) is 3.61. The molecule has 0 radical (unpaired) electrons. The van der Waals surface area contributed by atoms with Crippen LogP contribution >= 0.6 is 0 Å². The van der Waals surface area contributed by atoms with Crippen LogP contribution < -0.4 is 5.73 Å². The van der Waals surface area contributed by atoms with Crippen molar-refractivity contribution in [2.24, 2.45) is 5.73 Å². The third kappa shape index (κ3) is 3.15. The van der Waals surface area contributed by atoms with E-state index in [1.807, 2.05) is 19.9 Å². The summed E-state index contributed by atoms with van der Waals surface area (Å²) >= 11 is 0. The molecule has 0 saturated heterocycles. The molecule has 0 amide bonds. The Hall–Kier alpha value is -1.19. The van der Waals surface area contributed by atoms with Gasteiger partial charge in [0.2, 0.25) is 5.78 Å². The lowest BCUT2D eigenvalue weighted by molar-refractivity contribution is -0.0430. The fourth-order valence-electron chi connectivity index (χ4n) is 1.42. The highest BCUT2D eigenvalue weighted by Crippen LogP contribution is 2.14. The SMILES string of the molecule is CC(C)OC(C)(N)C(=O)c1ccccc1. The summed E-state index contributed by atoms with van der Waals surface area (Å²) in [6.45, 7) is 5.29. The molecule has 82 valence electrons. The van der Waals surface area contributed by atoms with Gasteiger partial charge in [-0.1, -0.05) is 30.3 Å². The van der Waals surface area contributed by atoms with E-state index in [4.69, 9.17) is 10.5 Å². The van der Waals surface area contributed by atoms with Crippen LogP contribution in [0.4, 0.5) is 0 Å². The normalized spacial score (nSPS) is 15.0. The van der Waals surface area contributed by atoms with Crippen LogP contribution in [0.3, 0.4) is 0 Å². The summed E-state index contributed by atoms with van der Waals surface area (Å²) < 4.78 is 5.38. The molecule has 0 aliphatic heterocycles. The highest BCUT2D eigenvalue weighted by molar-refractivity contribution is 6.01. The van der Waals surface area contributed by atoms with E-state index in [0.29, 0.717) is 5.56 Å². The van der Waals surface area contributed by atoms with E-state index in [0.717, 1.165) is 0 Å². The predicted molar refractivity (Wildman–Crippen MR) is 59.6 cm³/mol. The second kappa shape index (κ2) is 4.55. The summed E-state index contributed by atoms with van der Waals surface area (Å²) in [4.78, 5) is 12.0. The average molecular weight is 207 g/mol. The molecule has 2 N–H and O–H groups in total. The van der Waals surface area contributed by atoms with Crippen LogP contribution in [0.5, 0.6) is 0 Å². The minimum absolute atomic E-state index is 0.0762. The van der Waals surface area contributed by atoms with Crippen LogP contribution in [-0.2, 0) is 4.74 Å². The molecule has 1 atom stereocenters. The van der Waals surface area contributed by atoms with Crippen LogP contribution in [-0.4, -0.2) is 17.6 Å². The fourth-order valence-corrected chi connectivity index (χ4v) is 1.42. The topological polar surface area (TPSA) is 52.3 Å². The number of nitrogens with two attached hydrogens (primary N) is 1.